The van der Waals surface area contributed by atoms with Crippen LogP contribution < -0.4 is 0 Å². The third kappa shape index (κ3) is 5.67. The Kier molecular flexibility index (Phi) is 8.42. The second-order valence-corrected chi connectivity index (χ2v) is 16.3. The van der Waals surface area contributed by atoms with Gasteiger partial charge in [-0.05, 0) is 155 Å². The molecule has 6 rings (SSSR count). The van der Waals surface area contributed by atoms with E-state index in [1.807, 2.05) is 30.3 Å². The van der Waals surface area contributed by atoms with Gasteiger partial charge in [-0.15, -0.1) is 0 Å². The van der Waals surface area contributed by atoms with Gasteiger partial charge in [0.2, 0.25) is 0 Å². The van der Waals surface area contributed by atoms with E-state index >= 15 is 0 Å². The van der Waals surface area contributed by atoms with Gasteiger partial charge in [0.1, 0.15) is 6.10 Å². The molecule has 0 heterocycles. The number of hydrogen-bond donors (Lipinski definition) is 1. The number of rotatable bonds is 7. The first-order valence-corrected chi connectivity index (χ1v) is 17.6. The lowest BCUT2D eigenvalue weighted by molar-refractivity contribution is -0.148. The normalized spacial score (nSPS) is 42.4. The monoisotopic (exact) mass is 562 g/mol. The maximum atomic E-state index is 13.1. The van der Waals surface area contributed by atoms with Crippen LogP contribution in [0, 0.1) is 52.3 Å². The van der Waals surface area contributed by atoms with Crippen LogP contribution >= 0.6 is 0 Å². The zero-order chi connectivity index (χ0) is 28.8. The van der Waals surface area contributed by atoms with E-state index < -0.39 is 5.60 Å². The predicted molar refractivity (Wildman–Crippen MR) is 166 cm³/mol. The van der Waals surface area contributed by atoms with Crippen molar-refractivity contribution in [3.05, 3.63) is 35.9 Å². The van der Waals surface area contributed by atoms with Crippen molar-refractivity contribution in [3.8, 4) is 0 Å². The fourth-order valence-corrected chi connectivity index (χ4v) is 11.7. The van der Waals surface area contributed by atoms with Crippen molar-refractivity contribution < 1.29 is 14.6 Å². The van der Waals surface area contributed by atoms with Crippen molar-refractivity contribution >= 4 is 5.97 Å². The molecule has 1 N–H and O–H groups in total. The highest BCUT2D eigenvalue weighted by Crippen LogP contribution is 2.69. The quantitative estimate of drug-likeness (QED) is 0.337. The van der Waals surface area contributed by atoms with Crippen molar-refractivity contribution in [3.63, 3.8) is 0 Å². The second-order valence-electron chi connectivity index (χ2n) is 16.3. The van der Waals surface area contributed by atoms with Gasteiger partial charge in [0, 0.05) is 0 Å². The van der Waals surface area contributed by atoms with E-state index in [9.17, 15) is 9.90 Å². The zero-order valence-electron chi connectivity index (χ0n) is 26.6. The summed E-state index contributed by atoms with van der Waals surface area (Å²) >= 11 is 0. The average molecular weight is 563 g/mol. The summed E-state index contributed by atoms with van der Waals surface area (Å²) in [6.45, 7) is 9.91. The van der Waals surface area contributed by atoms with Gasteiger partial charge in [0.05, 0.1) is 11.2 Å². The molecule has 0 amide bonds. The number of aliphatic hydroxyl groups is 1. The first-order chi connectivity index (χ1) is 19.6. The number of esters is 1. The Morgan fingerprint density at radius 3 is 2.34 bits per heavy atom. The van der Waals surface area contributed by atoms with Crippen molar-refractivity contribution in [1.29, 1.82) is 0 Å². The first kappa shape index (κ1) is 29.7. The van der Waals surface area contributed by atoms with Gasteiger partial charge in [-0.1, -0.05) is 58.2 Å². The molecular formula is C38H58O3. The summed E-state index contributed by atoms with van der Waals surface area (Å²) in [7, 11) is 0. The Labute approximate surface area is 250 Å². The number of carbonyl (C=O) groups is 1. The maximum absolute atomic E-state index is 13.1. The Hall–Kier alpha value is -1.35. The first-order valence-electron chi connectivity index (χ1n) is 17.6. The van der Waals surface area contributed by atoms with Crippen LogP contribution in [0.1, 0.15) is 141 Å². The van der Waals surface area contributed by atoms with Gasteiger partial charge >= 0.3 is 5.97 Å². The number of fused-ring (bicyclic) bond motifs is 5. The summed E-state index contributed by atoms with van der Waals surface area (Å²) in [5.41, 5.74) is 1.14. The molecule has 0 aliphatic heterocycles. The van der Waals surface area contributed by atoms with E-state index in [1.54, 1.807) is 0 Å². The molecule has 10 atom stereocenters. The molecule has 228 valence electrons. The van der Waals surface area contributed by atoms with E-state index in [0.29, 0.717) is 34.1 Å². The highest BCUT2D eigenvalue weighted by molar-refractivity contribution is 5.89. The smallest absolute Gasteiger partial charge is 0.338 e. The SMILES string of the molecule is C[C@H](CC[C@H](OC(=O)c1ccccc1)C1CCCCC1)[C@H]1CC[C@H]2[C@@H]3CC[C@H]4C[C@@](C)(O)CC[C@]4(C)[C@H]3CC[C@]12C. The van der Waals surface area contributed by atoms with Crippen LogP contribution in [0.3, 0.4) is 0 Å². The lowest BCUT2D eigenvalue weighted by atomic mass is 9.43. The highest BCUT2D eigenvalue weighted by atomic mass is 16.5. The lowest BCUT2D eigenvalue weighted by Crippen LogP contribution is -2.55. The van der Waals surface area contributed by atoms with E-state index in [-0.39, 0.29) is 12.1 Å². The fraction of sp³-hybridized carbons (Fsp3) is 0.816. The summed E-state index contributed by atoms with van der Waals surface area (Å²) < 4.78 is 6.31. The van der Waals surface area contributed by atoms with Gasteiger partial charge in [-0.25, -0.2) is 4.79 Å². The minimum Gasteiger partial charge on any atom is -0.458 e. The molecule has 0 spiro atoms. The van der Waals surface area contributed by atoms with E-state index in [0.717, 1.165) is 42.9 Å². The maximum Gasteiger partial charge on any atom is 0.338 e. The predicted octanol–water partition coefficient (Wildman–Crippen LogP) is 9.62. The molecule has 0 radical (unpaired) electrons. The number of benzene rings is 1. The molecule has 0 bridgehead atoms. The van der Waals surface area contributed by atoms with Gasteiger partial charge in [-0.3, -0.25) is 0 Å². The van der Waals surface area contributed by atoms with Gasteiger partial charge < -0.3 is 9.84 Å². The van der Waals surface area contributed by atoms with E-state index in [2.05, 4.69) is 27.7 Å². The van der Waals surface area contributed by atoms with Crippen molar-refractivity contribution in [2.24, 2.45) is 52.3 Å². The molecule has 1 aromatic rings. The van der Waals surface area contributed by atoms with Crippen molar-refractivity contribution in [1.82, 2.24) is 0 Å². The molecule has 5 aliphatic rings. The summed E-state index contributed by atoms with van der Waals surface area (Å²) in [6.07, 6.45) is 20.1. The van der Waals surface area contributed by atoms with Crippen LogP contribution in [0.25, 0.3) is 0 Å². The second kappa shape index (κ2) is 11.6. The molecule has 3 heteroatoms. The van der Waals surface area contributed by atoms with E-state index in [1.165, 1.54) is 83.5 Å². The Morgan fingerprint density at radius 1 is 0.854 bits per heavy atom. The molecule has 0 aromatic heterocycles. The van der Waals surface area contributed by atoms with Crippen LogP contribution in [0.4, 0.5) is 0 Å². The topological polar surface area (TPSA) is 46.5 Å². The summed E-state index contributed by atoms with van der Waals surface area (Å²) in [5, 5.41) is 10.9. The molecular weight excluding hydrogens is 504 g/mol. The number of ether oxygens (including phenoxy) is 1. The minimum atomic E-state index is -0.445. The summed E-state index contributed by atoms with van der Waals surface area (Å²) in [4.78, 5) is 13.1. The van der Waals surface area contributed by atoms with Crippen LogP contribution in [-0.4, -0.2) is 22.8 Å². The third-order valence-electron chi connectivity index (χ3n) is 14.1. The van der Waals surface area contributed by atoms with Crippen LogP contribution in [0.5, 0.6) is 0 Å². The lowest BCUT2D eigenvalue weighted by Gasteiger charge is -2.62. The van der Waals surface area contributed by atoms with Crippen LogP contribution in [0.15, 0.2) is 30.3 Å². The Bertz CT molecular complexity index is 1040. The molecule has 5 fully saturated rings. The Morgan fingerprint density at radius 2 is 1.59 bits per heavy atom. The molecule has 0 unspecified atom stereocenters. The van der Waals surface area contributed by atoms with E-state index in [4.69, 9.17) is 4.74 Å². The summed E-state index contributed by atoms with van der Waals surface area (Å²) in [5.74, 6) is 5.20. The number of carbonyl (C=O) groups excluding carboxylic acids is 1. The summed E-state index contributed by atoms with van der Waals surface area (Å²) in [6, 6.07) is 9.62. The zero-order valence-corrected chi connectivity index (χ0v) is 26.6. The molecule has 3 nitrogen and oxygen atoms in total. The molecule has 0 saturated heterocycles. The molecule has 1 aromatic carbocycles. The molecule has 41 heavy (non-hydrogen) atoms. The van der Waals surface area contributed by atoms with Crippen molar-refractivity contribution in [2.75, 3.05) is 0 Å². The van der Waals surface area contributed by atoms with Gasteiger partial charge in [-0.2, -0.15) is 0 Å². The van der Waals surface area contributed by atoms with Gasteiger partial charge in [0.25, 0.3) is 0 Å². The standard InChI is InChI=1S/C38H58O3/c1-26(15-20-34(27-11-7-5-8-12-27)41-35(39)28-13-9-6-10-14-28)31-18-19-32-30-17-16-29-25-36(2,40)23-24-37(29,3)33(30)21-22-38(31,32)4/h6,9-10,13-14,26-27,29-34,40H,5,7-8,11-12,15-25H2,1-4H3/t26-,29+,30+,31-,32+,33+,34+,36+,37+,38-/m1/s1. The number of hydrogen-bond acceptors (Lipinski definition) is 3. The largest absolute Gasteiger partial charge is 0.458 e. The molecule has 5 saturated carbocycles. The molecule has 5 aliphatic carbocycles. The van der Waals surface area contributed by atoms with Gasteiger partial charge in [0.15, 0.2) is 0 Å². The highest BCUT2D eigenvalue weighted by Gasteiger charge is 2.61. The third-order valence-corrected chi connectivity index (χ3v) is 14.1. The van der Waals surface area contributed by atoms with Crippen LogP contribution in [-0.2, 0) is 4.74 Å². The van der Waals surface area contributed by atoms with Crippen molar-refractivity contribution in [2.45, 2.75) is 142 Å². The van der Waals surface area contributed by atoms with Crippen LogP contribution in [0.2, 0.25) is 0 Å². The minimum absolute atomic E-state index is 0.0601. The fourth-order valence-electron chi connectivity index (χ4n) is 11.7. The Balaban J connectivity index is 1.11. The average Bonchev–Trinajstić information content (AvgIpc) is 3.33.